The molecule has 2 rings (SSSR count). The number of nitrogens with one attached hydrogen (secondary N) is 2. The average Bonchev–Trinajstić information content (AvgIpc) is 2.80. The van der Waals surface area contributed by atoms with Crippen molar-refractivity contribution in [2.75, 3.05) is 32.1 Å². The van der Waals surface area contributed by atoms with Crippen molar-refractivity contribution in [2.24, 2.45) is 4.99 Å². The zero-order chi connectivity index (χ0) is 10.5. The second-order valence-corrected chi connectivity index (χ2v) is 3.34. The maximum absolute atomic E-state index is 5.08. The van der Waals surface area contributed by atoms with Gasteiger partial charge in [-0.15, -0.1) is 0 Å². The van der Waals surface area contributed by atoms with E-state index in [0.29, 0.717) is 0 Å². The Morgan fingerprint density at radius 1 is 1.40 bits per heavy atom. The Balaban J connectivity index is 1.87. The molecule has 0 amide bonds. The van der Waals surface area contributed by atoms with Gasteiger partial charge in [0.2, 0.25) is 0 Å². The maximum Gasteiger partial charge on any atom is 0.119 e. The molecule has 0 fully saturated rings. The number of hydrogen-bond donors (Lipinski definition) is 2. The largest absolute Gasteiger partial charge is 0.497 e. The van der Waals surface area contributed by atoms with Crippen molar-refractivity contribution in [3.8, 4) is 5.75 Å². The monoisotopic (exact) mass is 205 g/mol. The molecule has 0 radical (unpaired) electrons. The van der Waals surface area contributed by atoms with Crippen LogP contribution in [0.4, 0.5) is 5.69 Å². The number of rotatable bonds is 4. The topological polar surface area (TPSA) is 45.6 Å². The van der Waals surface area contributed by atoms with Crippen molar-refractivity contribution in [1.29, 1.82) is 0 Å². The Morgan fingerprint density at radius 3 is 2.80 bits per heavy atom. The number of hydrogen-bond acceptors (Lipinski definition) is 4. The summed E-state index contributed by atoms with van der Waals surface area (Å²) in [6.45, 7) is 2.60. The first kappa shape index (κ1) is 9.83. The van der Waals surface area contributed by atoms with Gasteiger partial charge in [-0.2, -0.15) is 0 Å². The Hall–Kier alpha value is -1.71. The molecule has 1 aromatic carbocycles. The van der Waals surface area contributed by atoms with E-state index in [1.807, 2.05) is 24.3 Å². The molecule has 0 aromatic heterocycles. The molecule has 1 aliphatic rings. The second kappa shape index (κ2) is 4.68. The van der Waals surface area contributed by atoms with Gasteiger partial charge in [0.15, 0.2) is 0 Å². The molecule has 0 unspecified atom stereocenters. The molecule has 4 heteroatoms. The number of nitrogens with zero attached hydrogens (tertiary/aromatic N) is 1. The third kappa shape index (κ3) is 2.62. The van der Waals surface area contributed by atoms with Gasteiger partial charge in [0.25, 0.3) is 0 Å². The van der Waals surface area contributed by atoms with Crippen LogP contribution in [-0.2, 0) is 0 Å². The highest BCUT2D eigenvalue weighted by molar-refractivity contribution is 5.87. The van der Waals surface area contributed by atoms with E-state index < -0.39 is 0 Å². The minimum absolute atomic E-state index is 0.756. The Kier molecular flexibility index (Phi) is 3.07. The van der Waals surface area contributed by atoms with Crippen LogP contribution < -0.4 is 15.4 Å². The number of benzene rings is 1. The van der Waals surface area contributed by atoms with Gasteiger partial charge in [-0.3, -0.25) is 4.99 Å². The highest BCUT2D eigenvalue weighted by Gasteiger charge is 2.03. The molecule has 2 N–H and O–H groups in total. The van der Waals surface area contributed by atoms with Crippen LogP contribution >= 0.6 is 0 Å². The lowest BCUT2D eigenvalue weighted by molar-refractivity contribution is 0.415. The minimum atomic E-state index is 0.756. The highest BCUT2D eigenvalue weighted by atomic mass is 16.5. The Labute approximate surface area is 89.4 Å². The molecule has 0 saturated heterocycles. The molecule has 0 atom stereocenters. The standard InChI is InChI=1S/C11H15N3O/c1-15-10-4-2-9(3-5-10)14-8-11-12-6-7-13-11/h2-5,14H,6-8H2,1H3,(H,12,13). The molecule has 0 bridgehead atoms. The number of methoxy groups -OCH3 is 1. The predicted octanol–water partition coefficient (Wildman–Crippen LogP) is 1.11. The van der Waals surface area contributed by atoms with Crippen LogP contribution in [0, 0.1) is 0 Å². The fourth-order valence-corrected chi connectivity index (χ4v) is 1.46. The van der Waals surface area contributed by atoms with E-state index in [9.17, 15) is 0 Å². The summed E-state index contributed by atoms with van der Waals surface area (Å²) in [6, 6.07) is 7.86. The van der Waals surface area contributed by atoms with Gasteiger partial charge >= 0.3 is 0 Å². The van der Waals surface area contributed by atoms with Gasteiger partial charge in [0.05, 0.1) is 20.2 Å². The summed E-state index contributed by atoms with van der Waals surface area (Å²) in [5.41, 5.74) is 1.08. The first-order valence-electron chi connectivity index (χ1n) is 5.03. The third-order valence-electron chi connectivity index (χ3n) is 2.29. The van der Waals surface area contributed by atoms with E-state index in [-0.39, 0.29) is 0 Å². The Morgan fingerprint density at radius 2 is 2.20 bits per heavy atom. The molecule has 80 valence electrons. The van der Waals surface area contributed by atoms with Gasteiger partial charge in [0, 0.05) is 12.2 Å². The summed E-state index contributed by atoms with van der Waals surface area (Å²) in [7, 11) is 1.67. The van der Waals surface area contributed by atoms with E-state index in [0.717, 1.165) is 36.9 Å². The normalized spacial score (nSPS) is 14.3. The van der Waals surface area contributed by atoms with Crippen molar-refractivity contribution < 1.29 is 4.74 Å². The van der Waals surface area contributed by atoms with Crippen molar-refractivity contribution >= 4 is 11.5 Å². The Bertz CT molecular complexity index is 345. The van der Waals surface area contributed by atoms with Gasteiger partial charge in [-0.05, 0) is 24.3 Å². The van der Waals surface area contributed by atoms with Crippen LogP contribution in [0.25, 0.3) is 0 Å². The van der Waals surface area contributed by atoms with Crippen LogP contribution in [0.1, 0.15) is 0 Å². The van der Waals surface area contributed by atoms with Gasteiger partial charge in [-0.1, -0.05) is 0 Å². The summed E-state index contributed by atoms with van der Waals surface area (Å²) in [6.07, 6.45) is 0. The highest BCUT2D eigenvalue weighted by Crippen LogP contribution is 2.14. The molecule has 1 aromatic rings. The van der Waals surface area contributed by atoms with E-state index >= 15 is 0 Å². The fourth-order valence-electron chi connectivity index (χ4n) is 1.46. The lowest BCUT2D eigenvalue weighted by Crippen LogP contribution is -2.26. The van der Waals surface area contributed by atoms with Crippen molar-refractivity contribution in [2.45, 2.75) is 0 Å². The van der Waals surface area contributed by atoms with E-state index in [1.54, 1.807) is 7.11 Å². The average molecular weight is 205 g/mol. The van der Waals surface area contributed by atoms with Crippen LogP contribution in [0.3, 0.4) is 0 Å². The second-order valence-electron chi connectivity index (χ2n) is 3.34. The molecule has 1 aliphatic heterocycles. The molecule has 4 nitrogen and oxygen atoms in total. The first-order chi connectivity index (χ1) is 7.38. The lowest BCUT2D eigenvalue weighted by atomic mass is 10.3. The molecule has 1 heterocycles. The summed E-state index contributed by atoms with van der Waals surface area (Å²) in [5.74, 6) is 1.91. The molecular formula is C11H15N3O. The minimum Gasteiger partial charge on any atom is -0.497 e. The maximum atomic E-state index is 5.08. The third-order valence-corrected chi connectivity index (χ3v) is 2.29. The van der Waals surface area contributed by atoms with Crippen LogP contribution in [0.2, 0.25) is 0 Å². The smallest absolute Gasteiger partial charge is 0.119 e. The lowest BCUT2D eigenvalue weighted by Gasteiger charge is -2.07. The van der Waals surface area contributed by atoms with Crippen molar-refractivity contribution in [1.82, 2.24) is 5.32 Å². The number of anilines is 1. The van der Waals surface area contributed by atoms with E-state index in [1.165, 1.54) is 0 Å². The SMILES string of the molecule is COc1ccc(NCC2=NCCN2)cc1. The number of aliphatic imine (C=N–C) groups is 1. The molecule has 0 spiro atoms. The van der Waals surface area contributed by atoms with Crippen molar-refractivity contribution in [3.05, 3.63) is 24.3 Å². The molecule has 0 aliphatic carbocycles. The zero-order valence-corrected chi connectivity index (χ0v) is 8.79. The molecular weight excluding hydrogens is 190 g/mol. The zero-order valence-electron chi connectivity index (χ0n) is 8.79. The first-order valence-corrected chi connectivity index (χ1v) is 5.03. The van der Waals surface area contributed by atoms with Crippen LogP contribution in [-0.4, -0.2) is 32.6 Å². The molecule has 15 heavy (non-hydrogen) atoms. The summed E-state index contributed by atoms with van der Waals surface area (Å²) < 4.78 is 5.08. The van der Waals surface area contributed by atoms with Gasteiger partial charge in [-0.25, -0.2) is 0 Å². The molecule has 0 saturated carbocycles. The summed E-state index contributed by atoms with van der Waals surface area (Å²) in [4.78, 5) is 4.30. The summed E-state index contributed by atoms with van der Waals surface area (Å²) in [5, 5.41) is 6.50. The van der Waals surface area contributed by atoms with Gasteiger partial charge in [0.1, 0.15) is 11.6 Å². The van der Waals surface area contributed by atoms with E-state index in [4.69, 9.17) is 4.74 Å². The van der Waals surface area contributed by atoms with Crippen LogP contribution in [0.15, 0.2) is 29.3 Å². The van der Waals surface area contributed by atoms with Crippen LogP contribution in [0.5, 0.6) is 5.75 Å². The van der Waals surface area contributed by atoms with E-state index in [2.05, 4.69) is 15.6 Å². The number of ether oxygens (including phenoxy) is 1. The van der Waals surface area contributed by atoms with Gasteiger partial charge < -0.3 is 15.4 Å². The number of amidine groups is 1. The fraction of sp³-hybridized carbons (Fsp3) is 0.364. The predicted molar refractivity (Wildman–Crippen MR) is 61.8 cm³/mol. The quantitative estimate of drug-likeness (QED) is 0.774. The summed E-state index contributed by atoms with van der Waals surface area (Å²) >= 11 is 0. The van der Waals surface area contributed by atoms with Crippen molar-refractivity contribution in [3.63, 3.8) is 0 Å².